The van der Waals surface area contributed by atoms with E-state index in [1.165, 1.54) is 44.4 Å². The summed E-state index contributed by atoms with van der Waals surface area (Å²) >= 11 is 0. The Bertz CT molecular complexity index is 1140. The summed E-state index contributed by atoms with van der Waals surface area (Å²) in [7, 11) is 0. The first kappa shape index (κ1) is 19.9. The predicted octanol–water partition coefficient (Wildman–Crippen LogP) is 3.16. The lowest BCUT2D eigenvalue weighted by Gasteiger charge is -2.18. The fraction of sp³-hybridized carbons (Fsp3) is 0.190. The molecule has 1 N–H and O–H groups in total. The number of aromatic hydroxyl groups is 1. The third-order valence-electron chi connectivity index (χ3n) is 4.44. The van der Waals surface area contributed by atoms with E-state index in [2.05, 4.69) is 0 Å². The molecule has 0 aliphatic heterocycles. The lowest BCUT2D eigenvalue weighted by Crippen LogP contribution is -2.31. The van der Waals surface area contributed by atoms with Crippen molar-refractivity contribution in [2.75, 3.05) is 0 Å². The summed E-state index contributed by atoms with van der Waals surface area (Å²) in [4.78, 5) is 25.6. The maximum Gasteiger partial charge on any atom is 0.271 e. The molecule has 148 valence electrons. The molecule has 0 fully saturated rings. The molecule has 8 heteroatoms. The first-order chi connectivity index (χ1) is 13.8. The Balaban J connectivity index is 2.03. The number of carbonyl (C=O) groups is 1. The van der Waals surface area contributed by atoms with E-state index in [0.717, 1.165) is 4.57 Å². The maximum atomic E-state index is 13.0. The van der Waals surface area contributed by atoms with E-state index >= 15 is 0 Å². The first-order valence-corrected chi connectivity index (χ1v) is 8.68. The van der Waals surface area contributed by atoms with Gasteiger partial charge in [0.25, 0.3) is 5.56 Å². The van der Waals surface area contributed by atoms with Crippen LogP contribution in [0.25, 0.3) is 0 Å². The molecule has 0 radical (unpaired) electrons. The average molecular weight is 396 g/mol. The summed E-state index contributed by atoms with van der Waals surface area (Å²) in [6.07, 6.45) is 0.341. The number of benzene rings is 1. The van der Waals surface area contributed by atoms with Crippen molar-refractivity contribution >= 4 is 5.78 Å². The SMILES string of the molecule is Cc1c(C(=O)C(C)Oc2ccc(F)cc2)c(O)n(Cc2ccco2)c(=O)c1C#N. The number of ether oxygens (including phenoxy) is 1. The number of carbonyl (C=O) groups excluding carboxylic acids is 1. The van der Waals surface area contributed by atoms with Crippen LogP contribution < -0.4 is 10.3 Å². The molecule has 1 atom stereocenters. The minimum Gasteiger partial charge on any atom is -0.494 e. The van der Waals surface area contributed by atoms with Crippen LogP contribution in [0.3, 0.4) is 0 Å². The minimum atomic E-state index is -1.06. The van der Waals surface area contributed by atoms with Crippen LogP contribution in [-0.2, 0) is 6.54 Å². The number of nitrogens with zero attached hydrogens (tertiary/aromatic N) is 2. The van der Waals surface area contributed by atoms with E-state index in [9.17, 15) is 24.3 Å². The van der Waals surface area contributed by atoms with Crippen molar-refractivity contribution in [1.29, 1.82) is 5.26 Å². The standard InChI is InChI=1S/C21H17FN2O5/c1-12-17(10-23)20(26)24(11-16-4-3-9-28-16)21(27)18(12)19(25)13(2)29-15-7-5-14(22)6-8-15/h3-9,13,27H,11H2,1-2H3. The minimum absolute atomic E-state index is 0.0604. The van der Waals surface area contributed by atoms with E-state index in [0.29, 0.717) is 5.76 Å². The molecule has 0 bridgehead atoms. The Hall–Kier alpha value is -3.86. The van der Waals surface area contributed by atoms with Gasteiger partial charge >= 0.3 is 0 Å². The zero-order valence-corrected chi connectivity index (χ0v) is 15.7. The largest absolute Gasteiger partial charge is 0.494 e. The molecule has 7 nitrogen and oxygen atoms in total. The van der Waals surface area contributed by atoms with Crippen molar-refractivity contribution in [2.24, 2.45) is 0 Å². The highest BCUT2D eigenvalue weighted by atomic mass is 19.1. The Morgan fingerprint density at radius 1 is 1.34 bits per heavy atom. The van der Waals surface area contributed by atoms with Gasteiger partial charge in [0.05, 0.1) is 18.4 Å². The second-order valence-corrected chi connectivity index (χ2v) is 6.36. The molecule has 2 aromatic heterocycles. The van der Waals surface area contributed by atoms with Crippen LogP contribution in [0.5, 0.6) is 11.6 Å². The molecule has 3 aromatic rings. The third kappa shape index (κ3) is 3.89. The van der Waals surface area contributed by atoms with Crippen LogP contribution in [-0.4, -0.2) is 21.6 Å². The van der Waals surface area contributed by atoms with Gasteiger partial charge in [-0.2, -0.15) is 5.26 Å². The Morgan fingerprint density at radius 3 is 2.62 bits per heavy atom. The van der Waals surface area contributed by atoms with Crippen LogP contribution in [0, 0.1) is 24.1 Å². The number of hydrogen-bond acceptors (Lipinski definition) is 6. The number of halogens is 1. The zero-order valence-electron chi connectivity index (χ0n) is 15.7. The van der Waals surface area contributed by atoms with Crippen molar-refractivity contribution in [3.8, 4) is 17.7 Å². The molecule has 2 heterocycles. The third-order valence-corrected chi connectivity index (χ3v) is 4.44. The maximum absolute atomic E-state index is 13.0. The average Bonchev–Trinajstić information content (AvgIpc) is 3.20. The van der Waals surface area contributed by atoms with Crippen LogP contribution in [0.15, 0.2) is 51.9 Å². The van der Waals surface area contributed by atoms with Gasteiger partial charge < -0.3 is 14.3 Å². The molecule has 1 unspecified atom stereocenters. The number of Topliss-reactive ketones (excluding diaryl/α,β-unsaturated/α-hetero) is 1. The lowest BCUT2D eigenvalue weighted by atomic mass is 9.99. The number of pyridine rings is 1. The highest BCUT2D eigenvalue weighted by Gasteiger charge is 2.28. The fourth-order valence-electron chi connectivity index (χ4n) is 2.93. The van der Waals surface area contributed by atoms with Crippen LogP contribution in [0.4, 0.5) is 4.39 Å². The van der Waals surface area contributed by atoms with Crippen molar-refractivity contribution in [3.63, 3.8) is 0 Å². The Labute approximate surface area is 165 Å². The molecule has 3 rings (SSSR count). The number of furan rings is 1. The highest BCUT2D eigenvalue weighted by molar-refractivity contribution is 6.03. The topological polar surface area (TPSA) is 105 Å². The predicted molar refractivity (Wildman–Crippen MR) is 100 cm³/mol. The molecule has 0 spiro atoms. The van der Waals surface area contributed by atoms with Gasteiger partial charge in [-0.05, 0) is 55.8 Å². The first-order valence-electron chi connectivity index (χ1n) is 8.68. The molecule has 29 heavy (non-hydrogen) atoms. The second kappa shape index (κ2) is 8.02. The summed E-state index contributed by atoms with van der Waals surface area (Å²) in [5.41, 5.74) is -1.12. The highest BCUT2D eigenvalue weighted by Crippen LogP contribution is 2.25. The summed E-state index contributed by atoms with van der Waals surface area (Å²) < 4.78 is 24.7. The van der Waals surface area contributed by atoms with Crippen molar-refractivity contribution in [2.45, 2.75) is 26.5 Å². The van der Waals surface area contributed by atoms with Gasteiger partial charge in [0, 0.05) is 0 Å². The van der Waals surface area contributed by atoms with Crippen molar-refractivity contribution in [3.05, 3.63) is 81.3 Å². The van der Waals surface area contributed by atoms with Gasteiger partial charge in [0.1, 0.15) is 29.0 Å². The number of nitriles is 1. The molecule has 0 aliphatic carbocycles. The van der Waals surface area contributed by atoms with Crippen molar-refractivity contribution in [1.82, 2.24) is 4.57 Å². The molecular weight excluding hydrogens is 379 g/mol. The number of aromatic nitrogens is 1. The fourth-order valence-corrected chi connectivity index (χ4v) is 2.93. The quantitative estimate of drug-likeness (QED) is 0.642. The summed E-state index contributed by atoms with van der Waals surface area (Å²) in [6, 6.07) is 10.1. The number of ketones is 1. The number of rotatable bonds is 6. The molecule has 0 saturated heterocycles. The van der Waals surface area contributed by atoms with Gasteiger partial charge in [-0.25, -0.2) is 4.39 Å². The summed E-state index contributed by atoms with van der Waals surface area (Å²) in [5, 5.41) is 20.1. The van der Waals surface area contributed by atoms with Gasteiger partial charge in [-0.3, -0.25) is 14.2 Å². The summed E-state index contributed by atoms with van der Waals surface area (Å²) in [5.74, 6) is -1.04. The van der Waals surface area contributed by atoms with Gasteiger partial charge in [-0.1, -0.05) is 0 Å². The van der Waals surface area contributed by atoms with E-state index < -0.39 is 29.1 Å². The smallest absolute Gasteiger partial charge is 0.271 e. The molecule has 0 amide bonds. The molecular formula is C21H17FN2O5. The lowest BCUT2D eigenvalue weighted by molar-refractivity contribution is 0.0812. The van der Waals surface area contributed by atoms with Crippen molar-refractivity contribution < 1.29 is 23.4 Å². The normalized spacial score (nSPS) is 11.7. The van der Waals surface area contributed by atoms with Crippen LogP contribution in [0.1, 0.15) is 34.2 Å². The molecule has 0 aliphatic rings. The van der Waals surface area contributed by atoms with Gasteiger partial charge in [-0.15, -0.1) is 0 Å². The van der Waals surface area contributed by atoms with E-state index in [4.69, 9.17) is 9.15 Å². The second-order valence-electron chi connectivity index (χ2n) is 6.36. The monoisotopic (exact) mass is 396 g/mol. The molecule has 0 saturated carbocycles. The van der Waals surface area contributed by atoms with E-state index in [1.54, 1.807) is 18.2 Å². The van der Waals surface area contributed by atoms with E-state index in [1.807, 2.05) is 0 Å². The molecule has 1 aromatic carbocycles. The van der Waals surface area contributed by atoms with Gasteiger partial charge in [0.2, 0.25) is 11.7 Å². The van der Waals surface area contributed by atoms with E-state index in [-0.39, 0.29) is 29.0 Å². The van der Waals surface area contributed by atoms with Crippen LogP contribution >= 0.6 is 0 Å². The summed E-state index contributed by atoms with van der Waals surface area (Å²) in [6.45, 7) is 2.72. The zero-order chi connectivity index (χ0) is 21.1. The Kier molecular flexibility index (Phi) is 5.50. The van der Waals surface area contributed by atoms with Crippen LogP contribution in [0.2, 0.25) is 0 Å². The van der Waals surface area contributed by atoms with Gasteiger partial charge in [0.15, 0.2) is 6.10 Å². The Morgan fingerprint density at radius 2 is 2.03 bits per heavy atom. The number of hydrogen-bond donors (Lipinski definition) is 1.